The second kappa shape index (κ2) is 27.5. The number of fused-ring (bicyclic) bond motifs is 5. The lowest BCUT2D eigenvalue weighted by atomic mass is 9.93. The van der Waals surface area contributed by atoms with Gasteiger partial charge in [0.15, 0.2) is 6.04 Å². The van der Waals surface area contributed by atoms with Crippen molar-refractivity contribution < 1.29 is 67.8 Å². The second-order valence-electron chi connectivity index (χ2n) is 19.5. The maximum atomic E-state index is 15.0. The third-order valence-electron chi connectivity index (χ3n) is 13.4. The van der Waals surface area contributed by atoms with Crippen LogP contribution < -0.4 is 53.0 Å². The number of aromatic nitrogens is 1. The zero-order chi connectivity index (χ0) is 54.4. The van der Waals surface area contributed by atoms with E-state index >= 15 is 0 Å². The molecular formula is C48H73N11O14S. The summed E-state index contributed by atoms with van der Waals surface area (Å²) in [6.07, 6.45) is -0.706. The Hall–Kier alpha value is -6.06. The number of rotatable bonds is 16. The van der Waals surface area contributed by atoms with E-state index < -0.39 is 176 Å². The van der Waals surface area contributed by atoms with Crippen molar-refractivity contribution in [3.8, 4) is 5.75 Å². The Kier molecular flexibility index (Phi) is 21.8. The smallest absolute Gasteiger partial charge is 0.248 e. The molecule has 0 aliphatic carbocycles. The third-order valence-corrected chi connectivity index (χ3v) is 14.9. The van der Waals surface area contributed by atoms with Gasteiger partial charge >= 0.3 is 0 Å². The average Bonchev–Trinajstić information content (AvgIpc) is 3.93. The van der Waals surface area contributed by atoms with Crippen molar-refractivity contribution in [3.63, 3.8) is 0 Å². The van der Waals surface area contributed by atoms with Crippen molar-refractivity contribution in [2.75, 3.05) is 45.1 Å². The molecule has 0 spiro atoms. The molecule has 11 atom stereocenters. The molecular weight excluding hydrogens is 987 g/mol. The second-order valence-corrected chi connectivity index (χ2v) is 20.9. The zero-order valence-corrected chi connectivity index (χ0v) is 43.3. The van der Waals surface area contributed by atoms with E-state index in [4.69, 9.17) is 10.5 Å². The number of nitrogens with zero attached hydrogens (tertiary/aromatic N) is 1. The number of carbonyl (C=O) groups is 9. The van der Waals surface area contributed by atoms with E-state index in [1.807, 2.05) is 0 Å². The molecule has 4 heterocycles. The van der Waals surface area contributed by atoms with E-state index in [0.717, 1.165) is 37.1 Å². The van der Waals surface area contributed by atoms with Crippen molar-refractivity contribution >= 4 is 75.2 Å². The van der Waals surface area contributed by atoms with Crippen molar-refractivity contribution in [1.29, 1.82) is 0 Å². The fraction of sp³-hybridized carbons (Fsp3) is 0.646. The molecule has 0 radical (unpaired) electrons. The molecule has 1 aromatic carbocycles. The van der Waals surface area contributed by atoms with Crippen LogP contribution in [0, 0.1) is 11.8 Å². The summed E-state index contributed by atoms with van der Waals surface area (Å²) in [5.74, 6) is -11.2. The summed E-state index contributed by atoms with van der Waals surface area (Å²) in [6, 6.07) is -4.59. The minimum absolute atomic E-state index is 0.0940. The molecule has 74 heavy (non-hydrogen) atoms. The number of amides is 9. The van der Waals surface area contributed by atoms with Gasteiger partial charge in [0, 0.05) is 59.5 Å². The minimum Gasteiger partial charge on any atom is -0.610 e. The maximum Gasteiger partial charge on any atom is 0.248 e. The molecule has 1 aromatic heterocycles. The topological polar surface area (TPSA) is 388 Å². The van der Waals surface area contributed by atoms with E-state index in [0.29, 0.717) is 35.7 Å². The summed E-state index contributed by atoms with van der Waals surface area (Å²) in [5, 5.41) is 52.7. The zero-order valence-electron chi connectivity index (χ0n) is 42.5. The number of H-pyrrole nitrogens is 1. The Morgan fingerprint density at radius 1 is 0.865 bits per heavy atom. The number of hydrogen-bond donors (Lipinski definition) is 13. The summed E-state index contributed by atoms with van der Waals surface area (Å²) in [7, 11) is 0. The van der Waals surface area contributed by atoms with E-state index in [-0.39, 0.29) is 10.6 Å². The Bertz CT molecular complexity index is 2350. The molecule has 1 saturated heterocycles. The van der Waals surface area contributed by atoms with Gasteiger partial charge in [0.1, 0.15) is 41.7 Å². The summed E-state index contributed by atoms with van der Waals surface area (Å²) in [4.78, 5) is 129. The monoisotopic (exact) mass is 1060 g/mol. The molecule has 14 N–H and O–H groups in total. The van der Waals surface area contributed by atoms with Crippen LogP contribution >= 0.6 is 0 Å². The molecule has 2 bridgehead atoms. The Labute approximate surface area is 431 Å². The van der Waals surface area contributed by atoms with Crippen LogP contribution in [0.1, 0.15) is 85.1 Å². The van der Waals surface area contributed by atoms with Gasteiger partial charge < -0.3 is 82.8 Å². The maximum absolute atomic E-state index is 15.0. The van der Waals surface area contributed by atoms with Gasteiger partial charge in [-0.15, -0.1) is 0 Å². The van der Waals surface area contributed by atoms with Gasteiger partial charge in [0.2, 0.25) is 58.2 Å². The number of benzene rings is 1. The van der Waals surface area contributed by atoms with Gasteiger partial charge in [0.05, 0.1) is 50.4 Å². The first kappa shape index (κ1) is 58.8. The van der Waals surface area contributed by atoms with E-state index in [9.17, 15) is 63.0 Å². The number of nitrogens with two attached hydrogens (primary N) is 1. The summed E-state index contributed by atoms with van der Waals surface area (Å²) < 4.78 is 21.0. The third kappa shape index (κ3) is 16.0. The number of ether oxygens (including phenoxy) is 1. The number of carbonyl (C=O) groups excluding carboxylic acids is 9. The molecule has 2 aromatic rings. The van der Waals surface area contributed by atoms with Crippen LogP contribution in [-0.4, -0.2) is 183 Å². The van der Waals surface area contributed by atoms with Gasteiger partial charge in [-0.25, -0.2) is 0 Å². The number of aliphatic hydroxyl groups excluding tert-OH is 3. The van der Waals surface area contributed by atoms with Crippen molar-refractivity contribution in [1.82, 2.24) is 52.4 Å². The van der Waals surface area contributed by atoms with Gasteiger partial charge in [0.25, 0.3) is 0 Å². The van der Waals surface area contributed by atoms with Crippen LogP contribution in [0.3, 0.4) is 0 Å². The van der Waals surface area contributed by atoms with Crippen LogP contribution in [0.5, 0.6) is 5.75 Å². The van der Waals surface area contributed by atoms with Gasteiger partial charge in [-0.05, 0) is 37.4 Å². The molecule has 0 saturated carbocycles. The highest BCUT2D eigenvalue weighted by atomic mass is 32.2. The van der Waals surface area contributed by atoms with Crippen molar-refractivity contribution in [3.05, 3.63) is 23.8 Å². The summed E-state index contributed by atoms with van der Waals surface area (Å²) in [6.45, 7) is 7.29. The Morgan fingerprint density at radius 3 is 2.23 bits per heavy atom. The predicted octanol–water partition coefficient (Wildman–Crippen LogP) is -3.69. The SMILES string of the molecule is CC[C@H](C)[C@@H]1NC(=O)CNC(=O)C2Cc3c([nH]c4cc(OCCCCCCNC(C)C)ccc34)[S@+]([O-])CC(NC(=O)CNC1=O)C(=O)N[C@@H](CC(N)=O)C(=O)N1C[C@H](O)C[C@H]1C(=O)N[C@@H]([C@@H](C)[C@@H](O)CO)C(=O)N2. The number of unbranched alkanes of at least 4 members (excludes halogenated alkanes) is 3. The summed E-state index contributed by atoms with van der Waals surface area (Å²) in [5.41, 5.74) is 6.04. The highest BCUT2D eigenvalue weighted by Crippen LogP contribution is 2.32. The molecule has 5 rings (SSSR count). The number of nitrogens with one attached hydrogen (secondary N) is 9. The normalized spacial score (nSPS) is 26.3. The number of primary amides is 1. The molecule has 26 heteroatoms. The number of aromatic amines is 1. The molecule has 410 valence electrons. The lowest BCUT2D eigenvalue weighted by Gasteiger charge is -2.32. The van der Waals surface area contributed by atoms with Crippen LogP contribution in [0.15, 0.2) is 23.2 Å². The quantitative estimate of drug-likeness (QED) is 0.0569. The first-order valence-electron chi connectivity index (χ1n) is 25.1. The van der Waals surface area contributed by atoms with E-state index in [1.54, 1.807) is 32.0 Å². The van der Waals surface area contributed by atoms with Crippen molar-refractivity contribution in [2.24, 2.45) is 17.6 Å². The fourth-order valence-electron chi connectivity index (χ4n) is 8.94. The van der Waals surface area contributed by atoms with E-state index in [2.05, 4.69) is 61.4 Å². The van der Waals surface area contributed by atoms with Gasteiger partial charge in [-0.2, -0.15) is 0 Å². The van der Waals surface area contributed by atoms with Gasteiger partial charge in [-0.3, -0.25) is 43.2 Å². The molecule has 9 amide bonds. The van der Waals surface area contributed by atoms with Gasteiger partial charge in [-0.1, -0.05) is 53.9 Å². The predicted molar refractivity (Wildman–Crippen MR) is 268 cm³/mol. The van der Waals surface area contributed by atoms with Crippen LogP contribution in [0.4, 0.5) is 0 Å². The first-order valence-corrected chi connectivity index (χ1v) is 26.4. The molecule has 3 aliphatic rings. The fourth-order valence-corrected chi connectivity index (χ4v) is 10.3. The van der Waals surface area contributed by atoms with Crippen LogP contribution in [-0.2, 0) is 60.7 Å². The molecule has 3 aliphatic heterocycles. The highest BCUT2D eigenvalue weighted by molar-refractivity contribution is 7.91. The molecule has 25 nitrogen and oxygen atoms in total. The summed E-state index contributed by atoms with van der Waals surface area (Å²) >= 11 is -2.36. The van der Waals surface area contributed by atoms with Crippen LogP contribution in [0.25, 0.3) is 10.9 Å². The molecule has 2 unspecified atom stereocenters. The standard InChI is InChI=1S/C48H73N11O14S/c1-6-25(4)40-45(69)52-19-38(64)53-34-23-74(72)47-30(29-12-11-28(16-31(29)56-47)73-14-10-8-7-9-13-50-24(2)3)17-32(42(66)51-20-39(65)57-40)54-46(70)41(26(5)36(62)22-60)58-44(68)35-15-27(61)21-59(35)48(71)33(18-37(49)63)55-43(34)67/h11-12,16,24-27,32-36,40-41,50,56,60-62H,6-10,13-15,17-23H2,1-5H3,(H2,49,63)(H,51,66)(H,52,69)(H,53,64)(H,54,70)(H,55,67)(H,57,65)(H,58,68)/t25-,26-,27+,32?,33-,34?,35-,36-,40-,41-,74+/m0/s1. The lowest BCUT2D eigenvalue weighted by molar-refractivity contribution is -0.144. The molecule has 1 fully saturated rings. The number of aliphatic hydroxyl groups is 3. The minimum atomic E-state index is -2.36. The highest BCUT2D eigenvalue weighted by Gasteiger charge is 2.45. The largest absolute Gasteiger partial charge is 0.610 e. The average molecular weight is 1060 g/mol. The Balaban J connectivity index is 1.67. The van der Waals surface area contributed by atoms with Crippen LogP contribution in [0.2, 0.25) is 0 Å². The Morgan fingerprint density at radius 2 is 1.55 bits per heavy atom. The lowest BCUT2D eigenvalue weighted by Crippen LogP contribution is -2.62. The first-order chi connectivity index (χ1) is 35.1. The number of hydrogen-bond acceptors (Lipinski definition) is 15. The van der Waals surface area contributed by atoms with E-state index in [1.165, 1.54) is 6.92 Å². The van der Waals surface area contributed by atoms with Crippen molar-refractivity contribution in [2.45, 2.75) is 146 Å².